The van der Waals surface area contributed by atoms with E-state index in [0.29, 0.717) is 18.8 Å². The second kappa shape index (κ2) is 8.19. The van der Waals surface area contributed by atoms with Crippen LogP contribution in [0.15, 0.2) is 48.5 Å². The zero-order valence-corrected chi connectivity index (χ0v) is 15.6. The van der Waals surface area contributed by atoms with Crippen molar-refractivity contribution in [1.29, 1.82) is 0 Å². The first-order chi connectivity index (χ1) is 12.6. The van der Waals surface area contributed by atoms with Crippen LogP contribution >= 0.6 is 0 Å². The summed E-state index contributed by atoms with van der Waals surface area (Å²) in [4.78, 5) is 14.3. The van der Waals surface area contributed by atoms with Gasteiger partial charge in [-0.1, -0.05) is 30.3 Å². The van der Waals surface area contributed by atoms with Crippen LogP contribution in [0.1, 0.15) is 40.4 Å². The number of ether oxygens (including phenoxy) is 2. The molecule has 0 amide bonds. The quantitative estimate of drug-likeness (QED) is 0.759. The molecule has 1 aliphatic heterocycles. The van der Waals surface area contributed by atoms with Crippen LogP contribution in [0.3, 0.4) is 0 Å². The zero-order chi connectivity index (χ0) is 18.5. The Morgan fingerprint density at radius 2 is 2.00 bits per heavy atom. The number of hydrogen-bond acceptors (Lipinski definition) is 4. The van der Waals surface area contributed by atoms with Crippen LogP contribution in [0.5, 0.6) is 5.75 Å². The first-order valence-electron chi connectivity index (χ1n) is 8.97. The van der Waals surface area contributed by atoms with Crippen molar-refractivity contribution in [3.63, 3.8) is 0 Å². The molecule has 2 aromatic carbocycles. The molecule has 0 unspecified atom stereocenters. The summed E-state index contributed by atoms with van der Waals surface area (Å²) in [7, 11) is 4.13. The van der Waals surface area contributed by atoms with E-state index in [4.69, 9.17) is 9.47 Å². The van der Waals surface area contributed by atoms with Crippen LogP contribution in [-0.4, -0.2) is 38.1 Å². The molecule has 3 rings (SSSR count). The molecule has 2 aromatic rings. The average molecular weight is 351 g/mol. The van der Waals surface area contributed by atoms with E-state index in [9.17, 15) is 4.79 Å². The van der Waals surface area contributed by atoms with Gasteiger partial charge in [0, 0.05) is 12.1 Å². The monoisotopic (exact) mass is 351 g/mol. The lowest BCUT2D eigenvalue weighted by Gasteiger charge is -2.13. The molecule has 0 atom stereocenters. The van der Waals surface area contributed by atoms with Crippen molar-refractivity contribution in [2.75, 3.05) is 27.2 Å². The summed E-state index contributed by atoms with van der Waals surface area (Å²) in [6.45, 7) is 3.65. The van der Waals surface area contributed by atoms with E-state index in [2.05, 4.69) is 37.2 Å². The van der Waals surface area contributed by atoms with Gasteiger partial charge in [0.1, 0.15) is 12.4 Å². The van der Waals surface area contributed by atoms with Crippen molar-refractivity contribution in [2.24, 2.45) is 0 Å². The summed E-state index contributed by atoms with van der Waals surface area (Å²) < 4.78 is 11.2. The molecule has 0 spiro atoms. The maximum absolute atomic E-state index is 12.2. The minimum Gasteiger partial charge on any atom is -0.488 e. The van der Waals surface area contributed by atoms with Gasteiger partial charge in [0.05, 0.1) is 12.2 Å². The minimum atomic E-state index is -0.305. The normalized spacial score (nSPS) is 14.4. The number of hydrogen-bond donors (Lipinski definition) is 0. The van der Waals surface area contributed by atoms with E-state index >= 15 is 0 Å². The van der Waals surface area contributed by atoms with Crippen LogP contribution in [0.2, 0.25) is 0 Å². The first-order valence-corrected chi connectivity index (χ1v) is 8.97. The van der Waals surface area contributed by atoms with E-state index in [-0.39, 0.29) is 5.97 Å². The number of rotatable bonds is 5. The molecular weight excluding hydrogens is 326 g/mol. The Morgan fingerprint density at radius 1 is 1.19 bits per heavy atom. The van der Waals surface area contributed by atoms with E-state index in [1.165, 1.54) is 0 Å². The topological polar surface area (TPSA) is 38.8 Å². The van der Waals surface area contributed by atoms with Gasteiger partial charge in [-0.25, -0.2) is 4.79 Å². The lowest BCUT2D eigenvalue weighted by atomic mass is 9.92. The average Bonchev–Trinajstić information content (AvgIpc) is 2.79. The molecular formula is C22H25NO3. The van der Waals surface area contributed by atoms with Crippen LogP contribution in [-0.2, 0) is 11.3 Å². The summed E-state index contributed by atoms with van der Waals surface area (Å²) in [6, 6.07) is 13.8. The summed E-state index contributed by atoms with van der Waals surface area (Å²) in [5.74, 6) is 0.492. The summed E-state index contributed by atoms with van der Waals surface area (Å²) in [5, 5.41) is 0. The molecule has 0 bridgehead atoms. The van der Waals surface area contributed by atoms with Gasteiger partial charge in [-0.2, -0.15) is 0 Å². The molecule has 0 N–H and O–H groups in total. The number of fused-ring (bicyclic) bond motifs is 2. The zero-order valence-electron chi connectivity index (χ0n) is 15.6. The summed E-state index contributed by atoms with van der Waals surface area (Å²) in [5.41, 5.74) is 4.91. The maximum Gasteiger partial charge on any atom is 0.338 e. The molecule has 136 valence electrons. The Labute approximate surface area is 155 Å². The van der Waals surface area contributed by atoms with Gasteiger partial charge in [0.15, 0.2) is 0 Å². The SMILES string of the molecule is CCOC(=O)c1ccc2c(c1)C(=CCCN(C)C)c1ccccc1CO2. The highest BCUT2D eigenvalue weighted by molar-refractivity contribution is 5.93. The van der Waals surface area contributed by atoms with Gasteiger partial charge < -0.3 is 14.4 Å². The molecule has 4 heteroatoms. The van der Waals surface area contributed by atoms with Crippen LogP contribution in [0.4, 0.5) is 0 Å². The minimum absolute atomic E-state index is 0.305. The van der Waals surface area contributed by atoms with Crippen molar-refractivity contribution in [3.05, 3.63) is 70.8 Å². The highest BCUT2D eigenvalue weighted by Crippen LogP contribution is 2.37. The molecule has 0 saturated heterocycles. The summed E-state index contributed by atoms with van der Waals surface area (Å²) in [6.07, 6.45) is 3.15. The standard InChI is InChI=1S/C22H25NO3/c1-4-25-22(24)16-11-12-21-20(14-16)19(10-7-13-23(2)3)18-9-6-5-8-17(18)15-26-21/h5-6,8-12,14H,4,7,13,15H2,1-3H3. The van der Waals surface area contributed by atoms with Crippen LogP contribution in [0, 0.1) is 0 Å². The number of carbonyl (C=O) groups is 1. The largest absolute Gasteiger partial charge is 0.488 e. The Kier molecular flexibility index (Phi) is 5.74. The smallest absolute Gasteiger partial charge is 0.338 e. The second-order valence-electron chi connectivity index (χ2n) is 6.59. The molecule has 4 nitrogen and oxygen atoms in total. The Hall–Kier alpha value is -2.59. The number of carbonyl (C=O) groups excluding carboxylic acids is 1. The Balaban J connectivity index is 2.08. The molecule has 0 aliphatic carbocycles. The predicted molar refractivity (Wildman–Crippen MR) is 103 cm³/mol. The van der Waals surface area contributed by atoms with Crippen molar-refractivity contribution in [1.82, 2.24) is 4.90 Å². The van der Waals surface area contributed by atoms with Gasteiger partial charge in [0.25, 0.3) is 0 Å². The summed E-state index contributed by atoms with van der Waals surface area (Å²) >= 11 is 0. The van der Waals surface area contributed by atoms with E-state index in [0.717, 1.165) is 41.0 Å². The van der Waals surface area contributed by atoms with E-state index < -0.39 is 0 Å². The molecule has 1 aliphatic rings. The third-order valence-electron chi connectivity index (χ3n) is 4.40. The second-order valence-corrected chi connectivity index (χ2v) is 6.59. The Bertz CT molecular complexity index is 824. The molecule has 0 fully saturated rings. The van der Waals surface area contributed by atoms with Gasteiger partial charge >= 0.3 is 5.97 Å². The number of nitrogens with zero attached hydrogens (tertiary/aromatic N) is 1. The van der Waals surface area contributed by atoms with Crippen molar-refractivity contribution in [2.45, 2.75) is 20.0 Å². The molecule has 0 aromatic heterocycles. The molecule has 26 heavy (non-hydrogen) atoms. The number of benzene rings is 2. The highest BCUT2D eigenvalue weighted by Gasteiger charge is 2.20. The molecule has 0 saturated carbocycles. The highest BCUT2D eigenvalue weighted by atomic mass is 16.5. The van der Waals surface area contributed by atoms with E-state index in [1.807, 2.05) is 31.2 Å². The van der Waals surface area contributed by atoms with Gasteiger partial charge in [-0.15, -0.1) is 0 Å². The predicted octanol–water partition coefficient (Wildman–Crippen LogP) is 4.14. The fraction of sp³-hybridized carbons (Fsp3) is 0.318. The molecule has 1 heterocycles. The van der Waals surface area contributed by atoms with Crippen molar-refractivity contribution >= 4 is 11.5 Å². The molecule has 0 radical (unpaired) electrons. The maximum atomic E-state index is 12.2. The third-order valence-corrected chi connectivity index (χ3v) is 4.40. The van der Waals surface area contributed by atoms with Crippen molar-refractivity contribution in [3.8, 4) is 5.75 Å². The van der Waals surface area contributed by atoms with Crippen LogP contribution < -0.4 is 4.74 Å². The Morgan fingerprint density at radius 3 is 2.77 bits per heavy atom. The van der Waals surface area contributed by atoms with Gasteiger partial charge in [-0.3, -0.25) is 0 Å². The van der Waals surface area contributed by atoms with Crippen molar-refractivity contribution < 1.29 is 14.3 Å². The van der Waals surface area contributed by atoms with E-state index in [1.54, 1.807) is 6.07 Å². The van der Waals surface area contributed by atoms with Gasteiger partial charge in [0.2, 0.25) is 0 Å². The lowest BCUT2D eigenvalue weighted by Crippen LogP contribution is -2.12. The lowest BCUT2D eigenvalue weighted by molar-refractivity contribution is 0.0526. The third kappa shape index (κ3) is 3.97. The number of esters is 1. The fourth-order valence-electron chi connectivity index (χ4n) is 3.10. The van der Waals surface area contributed by atoms with Crippen LogP contribution in [0.25, 0.3) is 5.57 Å². The first kappa shape index (κ1) is 18.2. The fourth-order valence-corrected chi connectivity index (χ4v) is 3.10. The van der Waals surface area contributed by atoms with Gasteiger partial charge in [-0.05, 0) is 62.3 Å².